The van der Waals surface area contributed by atoms with Crippen molar-refractivity contribution in [3.05, 3.63) is 42.0 Å². The summed E-state index contributed by atoms with van der Waals surface area (Å²) in [4.78, 5) is 38.6. The molecule has 0 bridgehead atoms. The van der Waals surface area contributed by atoms with Gasteiger partial charge in [-0.1, -0.05) is 24.3 Å². The zero-order valence-corrected chi connectivity index (χ0v) is 15.8. The number of carbonyl (C=O) groups excluding carboxylic acids is 3. The summed E-state index contributed by atoms with van der Waals surface area (Å²) in [5.41, 5.74) is 0.701. The standard InChI is InChI=1S/C20H27N3O4/c1-3-5-9-19(26)23-13-15(12-17(23)20(27)21-4-2)22-18(25)11-14-7-6-8-16(24)10-14/h3,5-8,10,15,17,24H,4,9,11-13H2,1-2H3,(H,21,27)(H,22,25)/t15-,17+/m1/s1. The lowest BCUT2D eigenvalue weighted by atomic mass is 10.1. The minimum absolute atomic E-state index is 0.109. The number of carbonyl (C=O) groups is 3. The number of rotatable bonds is 7. The van der Waals surface area contributed by atoms with E-state index in [2.05, 4.69) is 10.6 Å². The highest BCUT2D eigenvalue weighted by atomic mass is 16.3. The van der Waals surface area contributed by atoms with E-state index < -0.39 is 6.04 Å². The van der Waals surface area contributed by atoms with Gasteiger partial charge in [0.15, 0.2) is 0 Å². The van der Waals surface area contributed by atoms with Crippen molar-refractivity contribution in [2.45, 2.75) is 45.2 Å². The van der Waals surface area contributed by atoms with Gasteiger partial charge in [-0.3, -0.25) is 14.4 Å². The van der Waals surface area contributed by atoms with Gasteiger partial charge in [-0.05, 0) is 38.0 Å². The maximum Gasteiger partial charge on any atom is 0.242 e. The summed E-state index contributed by atoms with van der Waals surface area (Å²) < 4.78 is 0. The molecule has 146 valence electrons. The number of phenolic OH excluding ortho intramolecular Hbond substituents is 1. The number of hydrogen-bond donors (Lipinski definition) is 3. The van der Waals surface area contributed by atoms with Gasteiger partial charge < -0.3 is 20.6 Å². The minimum Gasteiger partial charge on any atom is -0.508 e. The van der Waals surface area contributed by atoms with Crippen LogP contribution in [0.2, 0.25) is 0 Å². The molecule has 1 fully saturated rings. The molecule has 1 heterocycles. The Bertz CT molecular complexity index is 717. The summed E-state index contributed by atoms with van der Waals surface area (Å²) in [6, 6.07) is 5.67. The number of benzene rings is 1. The fourth-order valence-corrected chi connectivity index (χ4v) is 3.22. The lowest BCUT2D eigenvalue weighted by molar-refractivity contribution is -0.137. The van der Waals surface area contributed by atoms with E-state index in [0.29, 0.717) is 25.1 Å². The molecule has 1 aromatic carbocycles. The lowest BCUT2D eigenvalue weighted by Gasteiger charge is -2.23. The quantitative estimate of drug-likeness (QED) is 0.624. The van der Waals surface area contributed by atoms with Gasteiger partial charge in [0.2, 0.25) is 17.7 Å². The van der Waals surface area contributed by atoms with Crippen molar-refractivity contribution in [2.24, 2.45) is 0 Å². The number of phenols is 1. The van der Waals surface area contributed by atoms with Gasteiger partial charge in [0.25, 0.3) is 0 Å². The van der Waals surface area contributed by atoms with E-state index >= 15 is 0 Å². The van der Waals surface area contributed by atoms with Crippen LogP contribution in [0.25, 0.3) is 0 Å². The van der Waals surface area contributed by atoms with Gasteiger partial charge in [-0.15, -0.1) is 0 Å². The monoisotopic (exact) mass is 373 g/mol. The topological polar surface area (TPSA) is 98.7 Å². The summed E-state index contributed by atoms with van der Waals surface area (Å²) >= 11 is 0. The fourth-order valence-electron chi connectivity index (χ4n) is 3.22. The molecule has 1 aliphatic heterocycles. The SMILES string of the molecule is CC=CCC(=O)N1C[C@H](NC(=O)Cc2cccc(O)c2)C[C@H]1C(=O)NCC. The third kappa shape index (κ3) is 5.84. The van der Waals surface area contributed by atoms with Crippen molar-refractivity contribution in [2.75, 3.05) is 13.1 Å². The molecular formula is C20H27N3O4. The van der Waals surface area contributed by atoms with Crippen molar-refractivity contribution in [1.82, 2.24) is 15.5 Å². The van der Waals surface area contributed by atoms with Gasteiger partial charge in [-0.2, -0.15) is 0 Å². The van der Waals surface area contributed by atoms with Crippen molar-refractivity contribution in [3.8, 4) is 5.75 Å². The molecular weight excluding hydrogens is 346 g/mol. The molecule has 0 aromatic heterocycles. The maximum absolute atomic E-state index is 12.4. The number of aromatic hydroxyl groups is 1. The van der Waals surface area contributed by atoms with E-state index in [0.717, 1.165) is 0 Å². The van der Waals surface area contributed by atoms with Crippen LogP contribution >= 0.6 is 0 Å². The lowest BCUT2D eigenvalue weighted by Crippen LogP contribution is -2.45. The first-order valence-electron chi connectivity index (χ1n) is 9.20. The second-order valence-corrected chi connectivity index (χ2v) is 6.58. The summed E-state index contributed by atoms with van der Waals surface area (Å²) in [5, 5.41) is 15.2. The molecule has 1 aromatic rings. The molecule has 0 radical (unpaired) electrons. The van der Waals surface area contributed by atoms with Crippen molar-refractivity contribution >= 4 is 17.7 Å². The third-order valence-corrected chi connectivity index (χ3v) is 4.44. The number of allylic oxidation sites excluding steroid dienone is 1. The van der Waals surface area contributed by atoms with Gasteiger partial charge >= 0.3 is 0 Å². The molecule has 2 rings (SSSR count). The zero-order chi connectivity index (χ0) is 19.8. The Balaban J connectivity index is 2.01. The summed E-state index contributed by atoms with van der Waals surface area (Å²) in [6.45, 7) is 4.46. The number of amides is 3. The van der Waals surface area contributed by atoms with Gasteiger partial charge in [0, 0.05) is 25.6 Å². The van der Waals surface area contributed by atoms with E-state index in [1.54, 1.807) is 41.3 Å². The largest absolute Gasteiger partial charge is 0.508 e. The molecule has 3 N–H and O–H groups in total. The zero-order valence-electron chi connectivity index (χ0n) is 15.8. The van der Waals surface area contributed by atoms with E-state index in [9.17, 15) is 19.5 Å². The van der Waals surface area contributed by atoms with E-state index in [1.807, 2.05) is 13.8 Å². The number of likely N-dealkylation sites (N-methyl/N-ethyl adjacent to an activating group) is 1. The van der Waals surface area contributed by atoms with Crippen molar-refractivity contribution in [1.29, 1.82) is 0 Å². The van der Waals surface area contributed by atoms with Crippen LogP contribution in [-0.2, 0) is 20.8 Å². The number of hydrogen-bond acceptors (Lipinski definition) is 4. The van der Waals surface area contributed by atoms with Crippen LogP contribution < -0.4 is 10.6 Å². The predicted octanol–water partition coefficient (Wildman–Crippen LogP) is 1.12. The average molecular weight is 373 g/mol. The van der Waals surface area contributed by atoms with Gasteiger partial charge in [0.05, 0.1) is 6.42 Å². The second-order valence-electron chi connectivity index (χ2n) is 6.58. The van der Waals surface area contributed by atoms with Crippen LogP contribution in [0.15, 0.2) is 36.4 Å². The predicted molar refractivity (Wildman–Crippen MR) is 102 cm³/mol. The Kier molecular flexibility index (Phi) is 7.40. The average Bonchev–Trinajstić information content (AvgIpc) is 3.03. The van der Waals surface area contributed by atoms with E-state index in [-0.39, 0.29) is 42.4 Å². The Morgan fingerprint density at radius 3 is 2.78 bits per heavy atom. The molecule has 27 heavy (non-hydrogen) atoms. The second kappa shape index (κ2) is 9.75. The Hall–Kier alpha value is -2.83. The molecule has 1 saturated heterocycles. The highest BCUT2D eigenvalue weighted by Gasteiger charge is 2.39. The molecule has 0 unspecified atom stereocenters. The molecule has 7 nitrogen and oxygen atoms in total. The number of likely N-dealkylation sites (tertiary alicyclic amines) is 1. The molecule has 3 amide bonds. The first-order chi connectivity index (χ1) is 12.9. The van der Waals surface area contributed by atoms with Crippen LogP contribution in [-0.4, -0.2) is 52.9 Å². The normalized spacial score (nSPS) is 19.3. The summed E-state index contributed by atoms with van der Waals surface area (Å²) in [6.07, 6.45) is 4.30. The van der Waals surface area contributed by atoms with Crippen LogP contribution in [0.1, 0.15) is 32.3 Å². The summed E-state index contributed by atoms with van der Waals surface area (Å²) in [7, 11) is 0. The van der Waals surface area contributed by atoms with Crippen LogP contribution in [0.3, 0.4) is 0 Å². The molecule has 0 spiro atoms. The summed E-state index contributed by atoms with van der Waals surface area (Å²) in [5.74, 6) is -0.425. The van der Waals surface area contributed by atoms with Crippen LogP contribution in [0.4, 0.5) is 0 Å². The minimum atomic E-state index is -0.575. The maximum atomic E-state index is 12.4. The van der Waals surface area contributed by atoms with Gasteiger partial charge in [-0.25, -0.2) is 0 Å². The smallest absolute Gasteiger partial charge is 0.242 e. The van der Waals surface area contributed by atoms with Crippen LogP contribution in [0.5, 0.6) is 5.75 Å². The van der Waals surface area contributed by atoms with Crippen LogP contribution in [0, 0.1) is 0 Å². The Morgan fingerprint density at radius 2 is 2.11 bits per heavy atom. The molecule has 0 saturated carbocycles. The van der Waals surface area contributed by atoms with E-state index in [1.165, 1.54) is 0 Å². The Morgan fingerprint density at radius 1 is 1.33 bits per heavy atom. The molecule has 0 aliphatic carbocycles. The number of nitrogens with one attached hydrogen (secondary N) is 2. The molecule has 7 heteroatoms. The highest BCUT2D eigenvalue weighted by molar-refractivity contribution is 5.89. The molecule has 1 aliphatic rings. The van der Waals surface area contributed by atoms with Gasteiger partial charge in [0.1, 0.15) is 11.8 Å². The van der Waals surface area contributed by atoms with Crippen molar-refractivity contribution < 1.29 is 19.5 Å². The Labute approximate surface area is 159 Å². The first-order valence-corrected chi connectivity index (χ1v) is 9.20. The fraction of sp³-hybridized carbons (Fsp3) is 0.450. The van der Waals surface area contributed by atoms with E-state index in [4.69, 9.17) is 0 Å². The highest BCUT2D eigenvalue weighted by Crippen LogP contribution is 2.20. The third-order valence-electron chi connectivity index (χ3n) is 4.44. The molecule has 2 atom stereocenters. The van der Waals surface area contributed by atoms with Crippen molar-refractivity contribution in [3.63, 3.8) is 0 Å². The number of nitrogens with zero attached hydrogens (tertiary/aromatic N) is 1. The first kappa shape index (κ1) is 20.5.